The summed E-state index contributed by atoms with van der Waals surface area (Å²) in [5.41, 5.74) is 8.54. The molecule has 0 saturated carbocycles. The molecule has 0 amide bonds. The highest BCUT2D eigenvalue weighted by Gasteiger charge is 2.19. The van der Waals surface area contributed by atoms with Gasteiger partial charge in [-0.05, 0) is 34.9 Å². The molecule has 3 nitrogen and oxygen atoms in total. The Bertz CT molecular complexity index is 583. The maximum Gasteiger partial charge on any atom is 0.163 e. The molecule has 0 bridgehead atoms. The molecule has 0 radical (unpaired) electrons. The van der Waals surface area contributed by atoms with Crippen LogP contribution in [0.4, 0.5) is 4.39 Å². The van der Waals surface area contributed by atoms with Crippen LogP contribution in [0.1, 0.15) is 22.7 Å². The molecule has 0 aliphatic heterocycles. The second-order valence-corrected chi connectivity index (χ2v) is 4.96. The van der Waals surface area contributed by atoms with Crippen LogP contribution < -0.4 is 15.2 Å². The standard InChI is InChI=1S/C14H16FNO2S/c1-8-6-19-7-10(8)14(16)9-4-12(17-2)13(18-3)5-11(9)15/h4-7,14H,16H2,1-3H3. The largest absolute Gasteiger partial charge is 0.493 e. The molecule has 2 N–H and O–H groups in total. The van der Waals surface area contributed by atoms with Crippen molar-refractivity contribution in [2.24, 2.45) is 5.73 Å². The third-order valence-electron chi connectivity index (χ3n) is 3.07. The number of nitrogens with two attached hydrogens (primary N) is 1. The van der Waals surface area contributed by atoms with Crippen LogP contribution in [0, 0.1) is 12.7 Å². The van der Waals surface area contributed by atoms with Crippen molar-refractivity contribution >= 4 is 11.3 Å². The number of hydrogen-bond acceptors (Lipinski definition) is 4. The molecule has 1 aromatic heterocycles. The lowest BCUT2D eigenvalue weighted by Gasteiger charge is -2.16. The highest BCUT2D eigenvalue weighted by atomic mass is 32.1. The van der Waals surface area contributed by atoms with Gasteiger partial charge in [0.2, 0.25) is 0 Å². The summed E-state index contributed by atoms with van der Waals surface area (Å²) < 4.78 is 24.4. The number of thiophene rings is 1. The van der Waals surface area contributed by atoms with Gasteiger partial charge in [-0.15, -0.1) is 0 Å². The predicted octanol–water partition coefficient (Wildman–Crippen LogP) is 3.26. The fourth-order valence-corrected chi connectivity index (χ4v) is 2.85. The lowest BCUT2D eigenvalue weighted by molar-refractivity contribution is 0.351. The van der Waals surface area contributed by atoms with Crippen molar-refractivity contribution in [2.45, 2.75) is 13.0 Å². The normalized spacial score (nSPS) is 12.3. The minimum absolute atomic E-state index is 0.359. The van der Waals surface area contributed by atoms with Crippen LogP contribution in [0.25, 0.3) is 0 Å². The van der Waals surface area contributed by atoms with Gasteiger partial charge in [-0.1, -0.05) is 0 Å². The summed E-state index contributed by atoms with van der Waals surface area (Å²) in [6.07, 6.45) is 0. The van der Waals surface area contributed by atoms with Gasteiger partial charge < -0.3 is 15.2 Å². The van der Waals surface area contributed by atoms with Crippen LogP contribution in [-0.2, 0) is 0 Å². The van der Waals surface area contributed by atoms with Gasteiger partial charge in [-0.2, -0.15) is 11.3 Å². The highest BCUT2D eigenvalue weighted by Crippen LogP contribution is 2.35. The number of halogens is 1. The molecule has 1 atom stereocenters. The van der Waals surface area contributed by atoms with Crippen LogP contribution >= 0.6 is 11.3 Å². The molecule has 1 unspecified atom stereocenters. The third kappa shape index (κ3) is 2.57. The van der Waals surface area contributed by atoms with Crippen LogP contribution in [0.3, 0.4) is 0 Å². The van der Waals surface area contributed by atoms with Crippen LogP contribution in [0.5, 0.6) is 11.5 Å². The molecule has 0 fully saturated rings. The number of aryl methyl sites for hydroxylation is 1. The maximum atomic E-state index is 14.1. The molecule has 5 heteroatoms. The van der Waals surface area contributed by atoms with E-state index in [4.69, 9.17) is 15.2 Å². The highest BCUT2D eigenvalue weighted by molar-refractivity contribution is 7.08. The summed E-state index contributed by atoms with van der Waals surface area (Å²) in [7, 11) is 2.99. The zero-order valence-corrected chi connectivity index (χ0v) is 11.9. The van der Waals surface area contributed by atoms with Gasteiger partial charge in [-0.3, -0.25) is 0 Å². The van der Waals surface area contributed by atoms with E-state index >= 15 is 0 Å². The Hall–Kier alpha value is -1.59. The number of ether oxygens (including phenoxy) is 2. The Labute approximate surface area is 115 Å². The Morgan fingerprint density at radius 3 is 2.26 bits per heavy atom. The maximum absolute atomic E-state index is 14.1. The van der Waals surface area contributed by atoms with Crippen molar-refractivity contribution in [3.8, 4) is 11.5 Å². The van der Waals surface area contributed by atoms with E-state index in [0.29, 0.717) is 17.1 Å². The average Bonchev–Trinajstić information content (AvgIpc) is 2.83. The first-order valence-corrected chi connectivity index (χ1v) is 6.72. The first kappa shape index (κ1) is 13.8. The molecule has 2 aromatic rings. The molecule has 0 aliphatic carbocycles. The second-order valence-electron chi connectivity index (χ2n) is 4.22. The van der Waals surface area contributed by atoms with Crippen LogP contribution in [-0.4, -0.2) is 14.2 Å². The van der Waals surface area contributed by atoms with Crippen molar-refractivity contribution in [3.05, 3.63) is 45.4 Å². The van der Waals surface area contributed by atoms with Crippen molar-refractivity contribution in [1.29, 1.82) is 0 Å². The lowest BCUT2D eigenvalue weighted by atomic mass is 9.98. The predicted molar refractivity (Wildman–Crippen MR) is 74.6 cm³/mol. The fourth-order valence-electron chi connectivity index (χ4n) is 1.96. The Morgan fingerprint density at radius 2 is 1.74 bits per heavy atom. The topological polar surface area (TPSA) is 44.5 Å². The molecule has 0 aliphatic rings. The first-order chi connectivity index (χ1) is 9.08. The molecular weight excluding hydrogens is 265 g/mol. The van der Waals surface area contributed by atoms with Gasteiger partial charge in [0, 0.05) is 11.6 Å². The molecule has 0 spiro atoms. The lowest BCUT2D eigenvalue weighted by Crippen LogP contribution is -2.14. The summed E-state index contributed by atoms with van der Waals surface area (Å²) in [4.78, 5) is 0. The zero-order chi connectivity index (χ0) is 14.0. The van der Waals surface area contributed by atoms with Gasteiger partial charge in [0.05, 0.1) is 20.3 Å². The minimum atomic E-state index is -0.508. The van der Waals surface area contributed by atoms with Gasteiger partial charge in [0.25, 0.3) is 0 Å². The van der Waals surface area contributed by atoms with E-state index in [-0.39, 0.29) is 0 Å². The van der Waals surface area contributed by atoms with E-state index in [1.807, 2.05) is 17.7 Å². The van der Waals surface area contributed by atoms with Gasteiger partial charge in [0.1, 0.15) is 5.82 Å². The number of rotatable bonds is 4. The molecule has 2 rings (SSSR count). The zero-order valence-electron chi connectivity index (χ0n) is 11.1. The molecule has 1 heterocycles. The molecule has 0 saturated heterocycles. The van der Waals surface area contributed by atoms with Gasteiger partial charge in [0.15, 0.2) is 11.5 Å². The summed E-state index contributed by atoms with van der Waals surface area (Å²) in [5.74, 6) is 0.441. The van der Waals surface area contributed by atoms with Crippen LogP contribution in [0.15, 0.2) is 22.9 Å². The SMILES string of the molecule is COc1cc(F)c(C(N)c2cscc2C)cc1OC. The smallest absolute Gasteiger partial charge is 0.163 e. The Kier molecular flexibility index (Phi) is 4.07. The van der Waals surface area contributed by atoms with Crippen molar-refractivity contribution in [3.63, 3.8) is 0 Å². The number of methoxy groups -OCH3 is 2. The van der Waals surface area contributed by atoms with Gasteiger partial charge in [-0.25, -0.2) is 4.39 Å². The average molecular weight is 281 g/mol. The Balaban J connectivity index is 2.48. The van der Waals surface area contributed by atoms with Crippen molar-refractivity contribution in [2.75, 3.05) is 14.2 Å². The summed E-state index contributed by atoms with van der Waals surface area (Å²) in [6, 6.07) is 2.39. The number of benzene rings is 1. The van der Waals surface area contributed by atoms with Crippen LogP contribution in [0.2, 0.25) is 0 Å². The van der Waals surface area contributed by atoms with Gasteiger partial charge >= 0.3 is 0 Å². The second kappa shape index (κ2) is 5.59. The summed E-state index contributed by atoms with van der Waals surface area (Å²) >= 11 is 1.55. The summed E-state index contributed by atoms with van der Waals surface area (Å²) in [6.45, 7) is 1.96. The number of hydrogen-bond donors (Lipinski definition) is 1. The quantitative estimate of drug-likeness (QED) is 0.935. The van der Waals surface area contributed by atoms with E-state index in [1.165, 1.54) is 20.3 Å². The monoisotopic (exact) mass is 281 g/mol. The van der Waals surface area contributed by atoms with Crippen molar-refractivity contribution in [1.82, 2.24) is 0 Å². The molecule has 102 valence electrons. The minimum Gasteiger partial charge on any atom is -0.493 e. The van der Waals surface area contributed by atoms with E-state index < -0.39 is 11.9 Å². The molecular formula is C14H16FNO2S. The first-order valence-electron chi connectivity index (χ1n) is 5.78. The van der Waals surface area contributed by atoms with E-state index in [9.17, 15) is 4.39 Å². The van der Waals surface area contributed by atoms with E-state index in [2.05, 4.69) is 0 Å². The fraction of sp³-hybridized carbons (Fsp3) is 0.286. The molecule has 1 aromatic carbocycles. The molecule has 19 heavy (non-hydrogen) atoms. The Morgan fingerprint density at radius 1 is 1.11 bits per heavy atom. The van der Waals surface area contributed by atoms with Crippen molar-refractivity contribution < 1.29 is 13.9 Å². The third-order valence-corrected chi connectivity index (χ3v) is 3.95. The summed E-state index contributed by atoms with van der Waals surface area (Å²) in [5, 5.41) is 3.93. The van der Waals surface area contributed by atoms with E-state index in [0.717, 1.165) is 11.1 Å². The van der Waals surface area contributed by atoms with E-state index in [1.54, 1.807) is 17.4 Å².